The molecule has 1 aliphatic heterocycles. The minimum Gasteiger partial charge on any atom is -0.382 e. The van der Waals surface area contributed by atoms with Crippen molar-refractivity contribution in [1.29, 1.82) is 0 Å². The van der Waals surface area contributed by atoms with E-state index in [-0.39, 0.29) is 0 Å². The fourth-order valence-electron chi connectivity index (χ4n) is 1.56. The number of ether oxygens (including phenoxy) is 2. The van der Waals surface area contributed by atoms with Crippen molar-refractivity contribution in [3.63, 3.8) is 0 Å². The highest BCUT2D eigenvalue weighted by Crippen LogP contribution is 2.25. The van der Waals surface area contributed by atoms with E-state index >= 15 is 0 Å². The molecule has 1 heterocycles. The third-order valence-electron chi connectivity index (χ3n) is 2.46. The molecule has 0 aromatic carbocycles. The van der Waals surface area contributed by atoms with Gasteiger partial charge in [0.15, 0.2) is 0 Å². The molecular formula is C10H21NO2S. The van der Waals surface area contributed by atoms with Gasteiger partial charge >= 0.3 is 0 Å². The first-order valence-electron chi connectivity index (χ1n) is 5.26. The Labute approximate surface area is 90.9 Å². The van der Waals surface area contributed by atoms with Crippen LogP contribution in [0.2, 0.25) is 0 Å². The van der Waals surface area contributed by atoms with Crippen molar-refractivity contribution in [2.45, 2.75) is 24.6 Å². The van der Waals surface area contributed by atoms with Crippen LogP contribution in [0.25, 0.3) is 0 Å². The van der Waals surface area contributed by atoms with Gasteiger partial charge in [0.1, 0.15) is 0 Å². The lowest BCUT2D eigenvalue weighted by atomic mass is 10.2. The minimum absolute atomic E-state index is 0.686. The lowest BCUT2D eigenvalue weighted by Gasteiger charge is -2.16. The molecule has 0 saturated carbocycles. The van der Waals surface area contributed by atoms with Crippen LogP contribution in [0.5, 0.6) is 0 Å². The Morgan fingerprint density at radius 3 is 2.86 bits per heavy atom. The van der Waals surface area contributed by atoms with Gasteiger partial charge in [-0.1, -0.05) is 6.92 Å². The predicted molar refractivity (Wildman–Crippen MR) is 61.0 cm³/mol. The van der Waals surface area contributed by atoms with E-state index in [1.165, 1.54) is 12.2 Å². The number of hydrogen-bond donors (Lipinski definition) is 1. The highest BCUT2D eigenvalue weighted by atomic mass is 32.2. The molecule has 2 unspecified atom stereocenters. The van der Waals surface area contributed by atoms with Gasteiger partial charge in [0.2, 0.25) is 0 Å². The van der Waals surface area contributed by atoms with Gasteiger partial charge in [-0.25, -0.2) is 0 Å². The van der Waals surface area contributed by atoms with E-state index in [4.69, 9.17) is 9.47 Å². The van der Waals surface area contributed by atoms with Crippen molar-refractivity contribution in [2.75, 3.05) is 39.2 Å². The molecule has 1 rings (SSSR count). The van der Waals surface area contributed by atoms with Gasteiger partial charge in [0, 0.05) is 24.9 Å². The van der Waals surface area contributed by atoms with Crippen molar-refractivity contribution in [2.24, 2.45) is 0 Å². The minimum atomic E-state index is 0.686. The molecular weight excluding hydrogens is 198 g/mol. The number of hydrogen-bond acceptors (Lipinski definition) is 4. The molecule has 4 heteroatoms. The fraction of sp³-hybridized carbons (Fsp3) is 1.00. The molecule has 2 atom stereocenters. The Morgan fingerprint density at radius 1 is 1.36 bits per heavy atom. The first kappa shape index (κ1) is 12.3. The smallest absolute Gasteiger partial charge is 0.0700 e. The average molecular weight is 219 g/mol. The predicted octanol–water partition coefficient (Wildman–Crippen LogP) is 1.13. The molecule has 1 fully saturated rings. The van der Waals surface area contributed by atoms with Crippen LogP contribution < -0.4 is 5.32 Å². The van der Waals surface area contributed by atoms with Crippen molar-refractivity contribution >= 4 is 11.8 Å². The average Bonchev–Trinajstić information content (AvgIpc) is 2.58. The van der Waals surface area contributed by atoms with Crippen LogP contribution in [0.3, 0.4) is 0 Å². The summed E-state index contributed by atoms with van der Waals surface area (Å²) in [7, 11) is 1.69. The molecule has 1 aliphatic rings. The van der Waals surface area contributed by atoms with E-state index in [0.717, 1.165) is 18.4 Å². The van der Waals surface area contributed by atoms with Crippen LogP contribution >= 0.6 is 11.8 Å². The Balaban J connectivity index is 1.88. The summed E-state index contributed by atoms with van der Waals surface area (Å²) >= 11 is 2.05. The summed E-state index contributed by atoms with van der Waals surface area (Å²) < 4.78 is 10.3. The second-order valence-corrected chi connectivity index (χ2v) is 5.02. The van der Waals surface area contributed by atoms with E-state index < -0.39 is 0 Å². The summed E-state index contributed by atoms with van der Waals surface area (Å²) in [5.41, 5.74) is 0. The standard InChI is InChI=1S/C10H21NO2S/c1-9-10(3-8-14-9)11-4-5-13-7-6-12-2/h9-11H,3-8H2,1-2H3. The zero-order chi connectivity index (χ0) is 10.2. The molecule has 14 heavy (non-hydrogen) atoms. The van der Waals surface area contributed by atoms with E-state index in [2.05, 4.69) is 24.0 Å². The van der Waals surface area contributed by atoms with Gasteiger partial charge in [-0.2, -0.15) is 11.8 Å². The Morgan fingerprint density at radius 2 is 2.21 bits per heavy atom. The Kier molecular flexibility index (Phi) is 6.60. The van der Waals surface area contributed by atoms with Gasteiger partial charge in [-0.05, 0) is 12.2 Å². The van der Waals surface area contributed by atoms with Gasteiger partial charge in [0.05, 0.1) is 19.8 Å². The summed E-state index contributed by atoms with van der Waals surface area (Å²) in [6, 6.07) is 0.686. The number of methoxy groups -OCH3 is 1. The van der Waals surface area contributed by atoms with Crippen LogP contribution in [0.1, 0.15) is 13.3 Å². The molecule has 0 amide bonds. The first-order valence-corrected chi connectivity index (χ1v) is 6.31. The van der Waals surface area contributed by atoms with E-state index in [9.17, 15) is 0 Å². The Hall–Kier alpha value is 0.230. The van der Waals surface area contributed by atoms with Crippen LogP contribution in [-0.2, 0) is 9.47 Å². The zero-order valence-electron chi connectivity index (χ0n) is 9.12. The molecule has 0 aliphatic carbocycles. The highest BCUT2D eigenvalue weighted by Gasteiger charge is 2.22. The van der Waals surface area contributed by atoms with Gasteiger partial charge in [0.25, 0.3) is 0 Å². The summed E-state index contributed by atoms with van der Waals surface area (Å²) in [5.74, 6) is 1.30. The zero-order valence-corrected chi connectivity index (χ0v) is 9.94. The summed E-state index contributed by atoms with van der Waals surface area (Å²) in [5, 5.41) is 4.28. The van der Waals surface area contributed by atoms with Crippen LogP contribution in [0.4, 0.5) is 0 Å². The molecule has 0 radical (unpaired) electrons. The molecule has 0 aromatic rings. The summed E-state index contributed by atoms with van der Waals surface area (Å²) in [4.78, 5) is 0. The largest absolute Gasteiger partial charge is 0.382 e. The van der Waals surface area contributed by atoms with E-state index in [0.29, 0.717) is 19.3 Å². The second kappa shape index (κ2) is 7.51. The van der Waals surface area contributed by atoms with Crippen LogP contribution in [0, 0.1) is 0 Å². The quantitative estimate of drug-likeness (QED) is 0.650. The van der Waals surface area contributed by atoms with Gasteiger partial charge < -0.3 is 14.8 Å². The molecule has 3 nitrogen and oxygen atoms in total. The maximum atomic E-state index is 5.37. The van der Waals surface area contributed by atoms with Crippen LogP contribution in [-0.4, -0.2) is 50.5 Å². The van der Waals surface area contributed by atoms with Gasteiger partial charge in [-0.3, -0.25) is 0 Å². The number of thioether (sulfide) groups is 1. The van der Waals surface area contributed by atoms with Crippen molar-refractivity contribution in [3.8, 4) is 0 Å². The van der Waals surface area contributed by atoms with Gasteiger partial charge in [-0.15, -0.1) is 0 Å². The van der Waals surface area contributed by atoms with Crippen molar-refractivity contribution < 1.29 is 9.47 Å². The molecule has 84 valence electrons. The van der Waals surface area contributed by atoms with E-state index in [1.807, 2.05) is 0 Å². The number of nitrogens with one attached hydrogen (secondary N) is 1. The molecule has 0 bridgehead atoms. The monoisotopic (exact) mass is 219 g/mol. The number of rotatable bonds is 7. The highest BCUT2D eigenvalue weighted by molar-refractivity contribution is 8.00. The maximum Gasteiger partial charge on any atom is 0.0700 e. The van der Waals surface area contributed by atoms with Crippen molar-refractivity contribution in [3.05, 3.63) is 0 Å². The Bertz CT molecular complexity index is 146. The van der Waals surface area contributed by atoms with Crippen LogP contribution in [0.15, 0.2) is 0 Å². The summed E-state index contributed by atoms with van der Waals surface area (Å²) in [6.07, 6.45) is 1.30. The molecule has 1 N–H and O–H groups in total. The third kappa shape index (κ3) is 4.64. The lowest BCUT2D eigenvalue weighted by molar-refractivity contribution is 0.0711. The third-order valence-corrected chi connectivity index (χ3v) is 3.79. The first-order chi connectivity index (χ1) is 6.84. The van der Waals surface area contributed by atoms with Crippen molar-refractivity contribution in [1.82, 2.24) is 5.32 Å². The fourth-order valence-corrected chi connectivity index (χ4v) is 2.79. The maximum absolute atomic E-state index is 5.37. The second-order valence-electron chi connectivity index (χ2n) is 3.53. The lowest BCUT2D eigenvalue weighted by Crippen LogP contribution is -2.35. The SMILES string of the molecule is COCCOCCNC1CCSC1C. The molecule has 0 aromatic heterocycles. The summed E-state index contributed by atoms with van der Waals surface area (Å²) in [6.45, 7) is 5.43. The molecule has 1 saturated heterocycles. The van der Waals surface area contributed by atoms with E-state index in [1.54, 1.807) is 7.11 Å². The molecule has 0 spiro atoms. The normalized spacial score (nSPS) is 27.0. The topological polar surface area (TPSA) is 30.5 Å².